The summed E-state index contributed by atoms with van der Waals surface area (Å²) in [6, 6.07) is 1.64. The molecular formula is C6H5BrN2O. The van der Waals surface area contributed by atoms with Gasteiger partial charge in [0.05, 0.1) is 11.9 Å². The van der Waals surface area contributed by atoms with E-state index in [0.29, 0.717) is 22.1 Å². The minimum Gasteiger partial charge on any atom is -0.397 e. The van der Waals surface area contributed by atoms with Crippen molar-refractivity contribution in [1.82, 2.24) is 4.98 Å². The molecule has 0 aliphatic rings. The second kappa shape index (κ2) is 2.79. The quantitative estimate of drug-likeness (QED) is 0.695. The largest absolute Gasteiger partial charge is 0.397 e. The van der Waals surface area contributed by atoms with Crippen LogP contribution in [-0.4, -0.2) is 11.3 Å². The van der Waals surface area contributed by atoms with Crippen LogP contribution in [0.15, 0.2) is 16.7 Å². The second-order valence-electron chi connectivity index (χ2n) is 1.75. The number of carbonyl (C=O) groups is 1. The third-order valence-corrected chi connectivity index (χ3v) is 1.64. The minimum atomic E-state index is 0.370. The Morgan fingerprint density at radius 3 is 2.90 bits per heavy atom. The van der Waals surface area contributed by atoms with Gasteiger partial charge in [0, 0.05) is 4.47 Å². The number of hydrogen-bond donors (Lipinski definition) is 1. The topological polar surface area (TPSA) is 56.0 Å². The number of halogens is 1. The maximum absolute atomic E-state index is 10.2. The zero-order chi connectivity index (χ0) is 7.56. The van der Waals surface area contributed by atoms with Gasteiger partial charge in [-0.15, -0.1) is 0 Å². The molecular weight excluding hydrogens is 196 g/mol. The monoisotopic (exact) mass is 200 g/mol. The molecule has 1 aromatic rings. The Morgan fingerprint density at radius 1 is 1.70 bits per heavy atom. The van der Waals surface area contributed by atoms with E-state index in [4.69, 9.17) is 5.73 Å². The Bertz CT molecular complexity index is 262. The van der Waals surface area contributed by atoms with Crippen LogP contribution in [0.3, 0.4) is 0 Å². The van der Waals surface area contributed by atoms with Crippen molar-refractivity contribution < 1.29 is 4.79 Å². The van der Waals surface area contributed by atoms with Crippen LogP contribution in [0, 0.1) is 0 Å². The Hall–Kier alpha value is -0.900. The smallest absolute Gasteiger partial charge is 0.169 e. The summed E-state index contributed by atoms with van der Waals surface area (Å²) >= 11 is 3.13. The average molecular weight is 201 g/mol. The summed E-state index contributed by atoms with van der Waals surface area (Å²) in [5.41, 5.74) is 6.28. The first-order valence-electron chi connectivity index (χ1n) is 2.60. The van der Waals surface area contributed by atoms with Gasteiger partial charge in [0.1, 0.15) is 5.69 Å². The molecule has 52 valence electrons. The lowest BCUT2D eigenvalue weighted by Crippen LogP contribution is -1.91. The molecule has 10 heavy (non-hydrogen) atoms. The molecule has 0 saturated heterocycles. The molecule has 4 heteroatoms. The highest BCUT2D eigenvalue weighted by Crippen LogP contribution is 2.14. The number of nitrogens with zero attached hydrogens (tertiary/aromatic N) is 1. The fourth-order valence-corrected chi connectivity index (χ4v) is 1.01. The number of anilines is 1. The highest BCUT2D eigenvalue weighted by atomic mass is 79.9. The molecule has 0 saturated carbocycles. The molecule has 0 unspecified atom stereocenters. The van der Waals surface area contributed by atoms with Crippen molar-refractivity contribution in [2.75, 3.05) is 5.73 Å². The number of rotatable bonds is 1. The second-order valence-corrected chi connectivity index (χ2v) is 2.61. The van der Waals surface area contributed by atoms with E-state index in [1.807, 2.05) is 0 Å². The first-order chi connectivity index (χ1) is 4.74. The van der Waals surface area contributed by atoms with Crippen molar-refractivity contribution in [1.29, 1.82) is 0 Å². The maximum Gasteiger partial charge on any atom is 0.169 e. The number of nitrogens with two attached hydrogens (primary N) is 1. The van der Waals surface area contributed by atoms with Crippen LogP contribution in [0.1, 0.15) is 10.5 Å². The summed E-state index contributed by atoms with van der Waals surface area (Å²) in [7, 11) is 0. The van der Waals surface area contributed by atoms with Gasteiger partial charge < -0.3 is 5.73 Å². The van der Waals surface area contributed by atoms with Crippen molar-refractivity contribution in [3.8, 4) is 0 Å². The van der Waals surface area contributed by atoms with E-state index in [-0.39, 0.29) is 0 Å². The number of carbonyl (C=O) groups excluding carboxylic acids is 1. The molecule has 3 nitrogen and oxygen atoms in total. The Morgan fingerprint density at radius 2 is 2.40 bits per heavy atom. The summed E-state index contributed by atoms with van der Waals surface area (Å²) in [5.74, 6) is 0. The molecule has 0 amide bonds. The molecule has 0 fully saturated rings. The third-order valence-electron chi connectivity index (χ3n) is 1.00. The van der Waals surface area contributed by atoms with E-state index in [2.05, 4.69) is 20.9 Å². The number of nitrogen functional groups attached to an aromatic ring is 1. The summed E-state index contributed by atoms with van der Waals surface area (Å²) in [5, 5.41) is 0. The van der Waals surface area contributed by atoms with Gasteiger partial charge >= 0.3 is 0 Å². The summed E-state index contributed by atoms with van der Waals surface area (Å²) in [6.45, 7) is 0. The number of hydrogen-bond acceptors (Lipinski definition) is 3. The van der Waals surface area contributed by atoms with Crippen LogP contribution in [0.4, 0.5) is 5.69 Å². The third kappa shape index (κ3) is 1.33. The van der Waals surface area contributed by atoms with Gasteiger partial charge in [0.15, 0.2) is 6.29 Å². The predicted octanol–water partition coefficient (Wildman–Crippen LogP) is 1.24. The summed E-state index contributed by atoms with van der Waals surface area (Å²) in [6.07, 6.45) is 2.11. The van der Waals surface area contributed by atoms with Crippen molar-refractivity contribution >= 4 is 27.9 Å². The fraction of sp³-hybridized carbons (Fsp3) is 0. The molecule has 1 heterocycles. The van der Waals surface area contributed by atoms with Crippen LogP contribution >= 0.6 is 15.9 Å². The summed E-state index contributed by atoms with van der Waals surface area (Å²) in [4.78, 5) is 14.0. The average Bonchev–Trinajstić information content (AvgIpc) is 1.88. The Kier molecular flexibility index (Phi) is 2.01. The first-order valence-corrected chi connectivity index (χ1v) is 3.39. The molecule has 1 rings (SSSR count). The van der Waals surface area contributed by atoms with E-state index in [9.17, 15) is 4.79 Å². The van der Waals surface area contributed by atoms with Crippen LogP contribution < -0.4 is 5.73 Å². The lowest BCUT2D eigenvalue weighted by Gasteiger charge is -1.94. The van der Waals surface area contributed by atoms with Gasteiger partial charge in [0.2, 0.25) is 0 Å². The first kappa shape index (κ1) is 7.21. The molecule has 1 aromatic heterocycles. The van der Waals surface area contributed by atoms with Crippen LogP contribution in [-0.2, 0) is 0 Å². The Labute approximate surface area is 66.4 Å². The zero-order valence-electron chi connectivity index (χ0n) is 5.04. The van der Waals surface area contributed by atoms with Crippen LogP contribution in [0.5, 0.6) is 0 Å². The predicted molar refractivity (Wildman–Crippen MR) is 41.7 cm³/mol. The van der Waals surface area contributed by atoms with Gasteiger partial charge in [-0.1, -0.05) is 0 Å². The summed E-state index contributed by atoms with van der Waals surface area (Å²) < 4.78 is 0.627. The van der Waals surface area contributed by atoms with Gasteiger partial charge in [-0.25, -0.2) is 0 Å². The lowest BCUT2D eigenvalue weighted by molar-refractivity contribution is 0.111. The van der Waals surface area contributed by atoms with Crippen molar-refractivity contribution in [2.45, 2.75) is 0 Å². The highest BCUT2D eigenvalue weighted by molar-refractivity contribution is 9.10. The molecule has 0 aromatic carbocycles. The number of pyridine rings is 1. The van der Waals surface area contributed by atoms with E-state index in [0.717, 1.165) is 0 Å². The molecule has 0 atom stereocenters. The Balaban J connectivity index is 3.19. The van der Waals surface area contributed by atoms with Gasteiger partial charge in [-0.05, 0) is 22.0 Å². The maximum atomic E-state index is 10.2. The normalized spacial score (nSPS) is 9.30. The van der Waals surface area contributed by atoms with Crippen molar-refractivity contribution in [3.63, 3.8) is 0 Å². The molecule has 2 N–H and O–H groups in total. The lowest BCUT2D eigenvalue weighted by atomic mass is 10.3. The van der Waals surface area contributed by atoms with Gasteiger partial charge in [-0.3, -0.25) is 9.78 Å². The van der Waals surface area contributed by atoms with E-state index in [1.54, 1.807) is 6.07 Å². The highest BCUT2D eigenvalue weighted by Gasteiger charge is 1.97. The molecule has 0 aliphatic carbocycles. The number of aldehydes is 1. The fourth-order valence-electron chi connectivity index (χ4n) is 0.550. The van der Waals surface area contributed by atoms with Crippen molar-refractivity contribution in [3.05, 3.63) is 22.4 Å². The molecule has 0 radical (unpaired) electrons. The molecule has 0 spiro atoms. The van der Waals surface area contributed by atoms with Crippen molar-refractivity contribution in [2.24, 2.45) is 0 Å². The van der Waals surface area contributed by atoms with E-state index in [1.165, 1.54) is 6.20 Å². The molecule has 0 bridgehead atoms. The SMILES string of the molecule is Nc1cnc(C=O)c(Br)c1. The van der Waals surface area contributed by atoms with Gasteiger partial charge in [-0.2, -0.15) is 0 Å². The van der Waals surface area contributed by atoms with E-state index < -0.39 is 0 Å². The number of aromatic nitrogens is 1. The van der Waals surface area contributed by atoms with Gasteiger partial charge in [0.25, 0.3) is 0 Å². The van der Waals surface area contributed by atoms with Crippen LogP contribution in [0.2, 0.25) is 0 Å². The van der Waals surface area contributed by atoms with Crippen LogP contribution in [0.25, 0.3) is 0 Å². The zero-order valence-corrected chi connectivity index (χ0v) is 6.63. The van der Waals surface area contributed by atoms with E-state index >= 15 is 0 Å². The standard InChI is InChI=1S/C6H5BrN2O/c7-5-1-4(8)2-9-6(5)3-10/h1-3H,8H2. The molecule has 0 aliphatic heterocycles. The minimum absolute atomic E-state index is 0.370.